The number of halogens is 6. The Morgan fingerprint density at radius 2 is 1.68 bits per heavy atom. The van der Waals surface area contributed by atoms with Gasteiger partial charge in [-0.2, -0.15) is 15.4 Å². The van der Waals surface area contributed by atoms with E-state index in [2.05, 4.69) is 11.2 Å². The number of benzene rings is 3. The smallest absolute Gasteiger partial charge is 0.280 e. The number of nitriles is 1. The van der Waals surface area contributed by atoms with Crippen molar-refractivity contribution in [2.24, 2.45) is 5.10 Å². The number of rotatable bonds is 6. The van der Waals surface area contributed by atoms with Crippen molar-refractivity contribution >= 4 is 46.0 Å². The maximum atomic E-state index is 14.4. The molecule has 38 heavy (non-hydrogen) atoms. The van der Waals surface area contributed by atoms with Crippen molar-refractivity contribution in [3.63, 3.8) is 0 Å². The highest BCUT2D eigenvalue weighted by atomic mass is 127. The van der Waals surface area contributed by atoms with Gasteiger partial charge < -0.3 is 9.47 Å². The van der Waals surface area contributed by atoms with Crippen molar-refractivity contribution in [1.82, 2.24) is 0 Å². The van der Waals surface area contributed by atoms with Crippen LogP contribution in [0.1, 0.15) is 23.6 Å². The summed E-state index contributed by atoms with van der Waals surface area (Å²) in [5.74, 6) is -11.8. The molecule has 0 saturated carbocycles. The summed E-state index contributed by atoms with van der Waals surface area (Å²) in [7, 11) is 1.40. The number of carbonyl (C=O) groups is 1. The molecular weight excluding hydrogens is 624 g/mol. The Labute approximate surface area is 226 Å². The van der Waals surface area contributed by atoms with Crippen LogP contribution >= 0.6 is 22.6 Å². The third kappa shape index (κ3) is 4.81. The second kappa shape index (κ2) is 10.8. The maximum absolute atomic E-state index is 14.4. The standard InChI is InChI=1S/C26H15F5IN3O3/c1-12-17(26(36)35(34-12)24-22(30)20(28)19(27)21(29)23(24)31)8-15-7-16(32)9-18(37-2)25(15)38-11-14-6-4-3-5-13(14)10-33/h3-9H,11H2,1-2H3/b17-8-. The topological polar surface area (TPSA) is 74.9 Å². The summed E-state index contributed by atoms with van der Waals surface area (Å²) < 4.78 is 81.9. The molecule has 1 aliphatic rings. The van der Waals surface area contributed by atoms with E-state index >= 15 is 0 Å². The molecule has 1 amide bonds. The molecule has 0 bridgehead atoms. The quantitative estimate of drug-likeness (QED) is 0.105. The summed E-state index contributed by atoms with van der Waals surface area (Å²) in [6.07, 6.45) is 1.31. The van der Waals surface area contributed by atoms with Crippen LogP contribution in [0, 0.1) is 44.0 Å². The Hall–Kier alpha value is -3.99. The molecule has 1 aliphatic heterocycles. The summed E-state index contributed by atoms with van der Waals surface area (Å²) in [4.78, 5) is 13.1. The number of hydrogen-bond donors (Lipinski definition) is 0. The molecule has 194 valence electrons. The lowest BCUT2D eigenvalue weighted by atomic mass is 10.1. The van der Waals surface area contributed by atoms with Crippen molar-refractivity contribution in [2.75, 3.05) is 12.1 Å². The molecule has 6 nitrogen and oxygen atoms in total. The second-order valence-electron chi connectivity index (χ2n) is 7.86. The van der Waals surface area contributed by atoms with E-state index in [1.165, 1.54) is 20.1 Å². The van der Waals surface area contributed by atoms with Crippen LogP contribution in [0.5, 0.6) is 11.5 Å². The first-order chi connectivity index (χ1) is 18.1. The molecule has 0 unspecified atom stereocenters. The van der Waals surface area contributed by atoms with Crippen LogP contribution in [0.3, 0.4) is 0 Å². The number of hydrazone groups is 1. The predicted octanol–water partition coefficient (Wildman–Crippen LogP) is 6.25. The third-order valence-electron chi connectivity index (χ3n) is 5.54. The van der Waals surface area contributed by atoms with E-state index in [4.69, 9.17) is 9.47 Å². The van der Waals surface area contributed by atoms with E-state index in [1.807, 2.05) is 22.6 Å². The van der Waals surface area contributed by atoms with Gasteiger partial charge in [0.05, 0.1) is 30.0 Å². The van der Waals surface area contributed by atoms with Crippen LogP contribution < -0.4 is 14.5 Å². The number of amides is 1. The van der Waals surface area contributed by atoms with Crippen LogP contribution in [-0.4, -0.2) is 18.7 Å². The Morgan fingerprint density at radius 3 is 2.32 bits per heavy atom. The highest BCUT2D eigenvalue weighted by Gasteiger charge is 2.37. The first kappa shape index (κ1) is 27.1. The predicted molar refractivity (Wildman–Crippen MR) is 136 cm³/mol. The molecule has 3 aromatic carbocycles. The number of hydrogen-bond acceptors (Lipinski definition) is 5. The van der Waals surface area contributed by atoms with Gasteiger partial charge in [-0.15, -0.1) is 0 Å². The molecular formula is C26H15F5IN3O3. The minimum atomic E-state index is -2.35. The van der Waals surface area contributed by atoms with E-state index in [1.54, 1.807) is 36.4 Å². The van der Waals surface area contributed by atoms with Gasteiger partial charge in [-0.3, -0.25) is 4.79 Å². The van der Waals surface area contributed by atoms with Crippen molar-refractivity contribution in [3.8, 4) is 17.6 Å². The summed E-state index contributed by atoms with van der Waals surface area (Å²) in [6, 6.07) is 12.1. The lowest BCUT2D eigenvalue weighted by Crippen LogP contribution is -2.25. The first-order valence-electron chi connectivity index (χ1n) is 10.7. The number of ether oxygens (including phenoxy) is 2. The van der Waals surface area contributed by atoms with Crippen LogP contribution in [0.2, 0.25) is 0 Å². The van der Waals surface area contributed by atoms with Gasteiger partial charge in [0.25, 0.3) is 5.91 Å². The zero-order chi connectivity index (χ0) is 27.7. The minimum absolute atomic E-state index is 0.0332. The number of anilines is 1. The SMILES string of the molecule is COc1cc(I)cc(/C=C2\C(=O)N(c3c(F)c(F)c(F)c(F)c3F)N=C2C)c1OCc1ccccc1C#N. The van der Waals surface area contributed by atoms with Gasteiger partial charge in [0.2, 0.25) is 5.82 Å². The van der Waals surface area contributed by atoms with Crippen molar-refractivity contribution in [3.05, 3.63) is 91.3 Å². The molecule has 0 N–H and O–H groups in total. The molecule has 0 atom stereocenters. The highest BCUT2D eigenvalue weighted by Crippen LogP contribution is 2.38. The summed E-state index contributed by atoms with van der Waals surface area (Å²) in [5, 5.41) is 13.2. The fourth-order valence-electron chi connectivity index (χ4n) is 3.68. The molecule has 3 aromatic rings. The fourth-order valence-corrected chi connectivity index (χ4v) is 4.30. The van der Waals surface area contributed by atoms with Gasteiger partial charge in [-0.25, -0.2) is 22.0 Å². The Kier molecular flexibility index (Phi) is 7.68. The van der Waals surface area contributed by atoms with Gasteiger partial charge in [0.15, 0.2) is 34.8 Å². The summed E-state index contributed by atoms with van der Waals surface area (Å²) in [6.45, 7) is 1.30. The van der Waals surface area contributed by atoms with Gasteiger partial charge in [0, 0.05) is 14.7 Å². The number of methoxy groups -OCH3 is 1. The molecule has 12 heteroatoms. The normalized spacial score (nSPS) is 14.1. The fraction of sp³-hybridized carbons (Fsp3) is 0.115. The van der Waals surface area contributed by atoms with Crippen LogP contribution in [0.15, 0.2) is 47.1 Å². The molecule has 1 heterocycles. The van der Waals surface area contributed by atoms with Gasteiger partial charge in [0.1, 0.15) is 12.3 Å². The maximum Gasteiger partial charge on any atom is 0.280 e. The monoisotopic (exact) mass is 639 g/mol. The lowest BCUT2D eigenvalue weighted by molar-refractivity contribution is -0.114. The Morgan fingerprint density at radius 1 is 1.05 bits per heavy atom. The molecule has 4 rings (SSSR count). The van der Waals surface area contributed by atoms with Crippen LogP contribution in [-0.2, 0) is 11.4 Å². The van der Waals surface area contributed by atoms with Gasteiger partial charge in [-0.1, -0.05) is 18.2 Å². The third-order valence-corrected chi connectivity index (χ3v) is 6.16. The molecule has 0 aromatic heterocycles. The second-order valence-corrected chi connectivity index (χ2v) is 9.11. The van der Waals surface area contributed by atoms with E-state index in [0.29, 0.717) is 20.3 Å². The van der Waals surface area contributed by atoms with E-state index < -0.39 is 40.7 Å². The zero-order valence-corrected chi connectivity index (χ0v) is 21.7. The number of carbonyl (C=O) groups excluding carboxylic acids is 1. The number of nitrogens with zero attached hydrogens (tertiary/aromatic N) is 3. The zero-order valence-electron chi connectivity index (χ0n) is 19.6. The lowest BCUT2D eigenvalue weighted by Gasteiger charge is -2.16. The molecule has 0 fully saturated rings. The molecule has 0 radical (unpaired) electrons. The minimum Gasteiger partial charge on any atom is -0.493 e. The van der Waals surface area contributed by atoms with Crippen LogP contribution in [0.4, 0.5) is 27.6 Å². The largest absolute Gasteiger partial charge is 0.493 e. The van der Waals surface area contributed by atoms with Crippen molar-refractivity contribution in [2.45, 2.75) is 13.5 Å². The molecule has 0 aliphatic carbocycles. The Balaban J connectivity index is 1.77. The van der Waals surface area contributed by atoms with Crippen molar-refractivity contribution in [1.29, 1.82) is 5.26 Å². The average molecular weight is 639 g/mol. The van der Waals surface area contributed by atoms with Crippen molar-refractivity contribution < 1.29 is 36.2 Å². The first-order valence-corrected chi connectivity index (χ1v) is 11.8. The molecule has 0 saturated heterocycles. The van der Waals surface area contributed by atoms with E-state index in [-0.39, 0.29) is 34.4 Å². The van der Waals surface area contributed by atoms with Gasteiger partial charge in [-0.05, 0) is 53.8 Å². The van der Waals surface area contributed by atoms with E-state index in [9.17, 15) is 32.0 Å². The van der Waals surface area contributed by atoms with Crippen LogP contribution in [0.25, 0.3) is 6.08 Å². The average Bonchev–Trinajstić information content (AvgIpc) is 3.18. The molecule has 0 spiro atoms. The summed E-state index contributed by atoms with van der Waals surface area (Å²) in [5.41, 5.74) is -0.428. The van der Waals surface area contributed by atoms with E-state index in [0.717, 1.165) is 0 Å². The Bertz CT molecular complexity index is 1550. The summed E-state index contributed by atoms with van der Waals surface area (Å²) >= 11 is 2.00. The highest BCUT2D eigenvalue weighted by molar-refractivity contribution is 14.1. The van der Waals surface area contributed by atoms with Gasteiger partial charge >= 0.3 is 0 Å².